The third-order valence-electron chi connectivity index (χ3n) is 4.28. The first-order valence-electron chi connectivity index (χ1n) is 7.06. The maximum atomic E-state index is 6.28. The number of halogens is 1. The van der Waals surface area contributed by atoms with E-state index < -0.39 is 0 Å². The van der Waals surface area contributed by atoms with Gasteiger partial charge in [-0.25, -0.2) is 0 Å². The Bertz CT molecular complexity index is 218. The van der Waals surface area contributed by atoms with Crippen molar-refractivity contribution < 1.29 is 9.47 Å². The highest BCUT2D eigenvalue weighted by Gasteiger charge is 2.34. The van der Waals surface area contributed by atoms with Gasteiger partial charge in [0.15, 0.2) is 0 Å². The molecule has 1 saturated carbocycles. The monoisotopic (exact) mass is 352 g/mol. The van der Waals surface area contributed by atoms with E-state index in [1.807, 2.05) is 0 Å². The van der Waals surface area contributed by atoms with Gasteiger partial charge in [0.25, 0.3) is 0 Å². The van der Waals surface area contributed by atoms with Crippen molar-refractivity contribution in [1.29, 1.82) is 0 Å². The van der Waals surface area contributed by atoms with E-state index >= 15 is 0 Å². The highest BCUT2D eigenvalue weighted by molar-refractivity contribution is 14.1. The largest absolute Gasteiger partial charge is 0.376 e. The van der Waals surface area contributed by atoms with E-state index in [1.165, 1.54) is 44.9 Å². The Balaban J connectivity index is 1.78. The lowest BCUT2D eigenvalue weighted by Gasteiger charge is -2.39. The van der Waals surface area contributed by atoms with Crippen molar-refractivity contribution >= 4 is 22.6 Å². The van der Waals surface area contributed by atoms with Crippen molar-refractivity contribution in [2.75, 3.05) is 17.6 Å². The van der Waals surface area contributed by atoms with Crippen LogP contribution in [0.2, 0.25) is 0 Å². The molecule has 2 rings (SSSR count). The third-order valence-corrected chi connectivity index (χ3v) is 5.67. The fourth-order valence-corrected chi connectivity index (χ4v) is 3.80. The number of hydrogen-bond donors (Lipinski definition) is 0. The van der Waals surface area contributed by atoms with Crippen LogP contribution in [-0.4, -0.2) is 29.3 Å². The molecule has 1 aliphatic heterocycles. The van der Waals surface area contributed by atoms with Crippen molar-refractivity contribution in [3.63, 3.8) is 0 Å². The summed E-state index contributed by atoms with van der Waals surface area (Å²) in [5.41, 5.74) is 0.161. The predicted molar refractivity (Wildman–Crippen MR) is 78.8 cm³/mol. The molecule has 1 aliphatic carbocycles. The molecule has 0 aromatic heterocycles. The number of ether oxygens (including phenoxy) is 2. The van der Waals surface area contributed by atoms with Crippen LogP contribution in [-0.2, 0) is 9.47 Å². The zero-order valence-electron chi connectivity index (χ0n) is 10.9. The summed E-state index contributed by atoms with van der Waals surface area (Å²) in [6.07, 6.45) is 9.22. The zero-order chi connectivity index (χ0) is 12.1. The minimum Gasteiger partial charge on any atom is -0.376 e. The second kappa shape index (κ2) is 6.71. The quantitative estimate of drug-likeness (QED) is 0.563. The average molecular weight is 352 g/mol. The summed E-state index contributed by atoms with van der Waals surface area (Å²) in [4.78, 5) is 0. The fraction of sp³-hybridized carbons (Fsp3) is 1.00. The molecule has 0 radical (unpaired) electrons. The van der Waals surface area contributed by atoms with Crippen molar-refractivity contribution in [3.8, 4) is 0 Å². The first kappa shape index (κ1) is 14.1. The lowest BCUT2D eigenvalue weighted by Crippen LogP contribution is -2.41. The molecular formula is C14H25IO2. The molecule has 0 aromatic rings. The Morgan fingerprint density at radius 1 is 1.24 bits per heavy atom. The molecule has 0 aromatic carbocycles. The molecule has 0 spiro atoms. The van der Waals surface area contributed by atoms with Crippen LogP contribution in [0.15, 0.2) is 0 Å². The minimum absolute atomic E-state index is 0.161. The Labute approximate surface area is 119 Å². The predicted octanol–water partition coefficient (Wildman–Crippen LogP) is 3.96. The van der Waals surface area contributed by atoms with Gasteiger partial charge in [0.2, 0.25) is 0 Å². The summed E-state index contributed by atoms with van der Waals surface area (Å²) < 4.78 is 13.2. The van der Waals surface area contributed by atoms with E-state index in [2.05, 4.69) is 29.5 Å². The molecule has 100 valence electrons. The van der Waals surface area contributed by atoms with Crippen molar-refractivity contribution in [2.24, 2.45) is 5.92 Å². The maximum absolute atomic E-state index is 6.28. The Morgan fingerprint density at radius 3 is 2.59 bits per heavy atom. The molecule has 1 heterocycles. The van der Waals surface area contributed by atoms with Gasteiger partial charge in [-0.3, -0.25) is 0 Å². The summed E-state index contributed by atoms with van der Waals surface area (Å²) in [5.74, 6) is 0.889. The molecule has 0 bridgehead atoms. The van der Waals surface area contributed by atoms with E-state index in [0.29, 0.717) is 6.10 Å². The van der Waals surface area contributed by atoms with Gasteiger partial charge in [-0.2, -0.15) is 0 Å². The van der Waals surface area contributed by atoms with Gasteiger partial charge in [0.05, 0.1) is 18.3 Å². The first-order valence-corrected chi connectivity index (χ1v) is 8.58. The standard InChI is InChI=1S/C14H25IO2/c1-12-5-7-14(11-15,8-6-12)17-10-13-4-2-3-9-16-13/h12-13H,2-11H2,1H3. The molecule has 0 amide bonds. The molecule has 17 heavy (non-hydrogen) atoms. The van der Waals surface area contributed by atoms with Crippen molar-refractivity contribution in [1.82, 2.24) is 0 Å². The van der Waals surface area contributed by atoms with Crippen LogP contribution >= 0.6 is 22.6 Å². The first-order chi connectivity index (χ1) is 8.24. The van der Waals surface area contributed by atoms with Crippen LogP contribution < -0.4 is 0 Å². The fourth-order valence-electron chi connectivity index (χ4n) is 2.81. The summed E-state index contributed by atoms with van der Waals surface area (Å²) in [7, 11) is 0. The van der Waals surface area contributed by atoms with Crippen LogP contribution in [0.5, 0.6) is 0 Å². The van der Waals surface area contributed by atoms with E-state index in [4.69, 9.17) is 9.47 Å². The van der Waals surface area contributed by atoms with Crippen molar-refractivity contribution in [3.05, 3.63) is 0 Å². The summed E-state index contributed by atoms with van der Waals surface area (Å²) in [6.45, 7) is 4.11. The van der Waals surface area contributed by atoms with Gasteiger partial charge in [0, 0.05) is 11.0 Å². The molecule has 2 nitrogen and oxygen atoms in total. The van der Waals surface area contributed by atoms with Gasteiger partial charge in [-0.05, 0) is 50.9 Å². The van der Waals surface area contributed by atoms with E-state index in [9.17, 15) is 0 Å². The van der Waals surface area contributed by atoms with Crippen molar-refractivity contribution in [2.45, 2.75) is 63.6 Å². The van der Waals surface area contributed by atoms with Gasteiger partial charge < -0.3 is 9.47 Å². The zero-order valence-corrected chi connectivity index (χ0v) is 13.1. The van der Waals surface area contributed by atoms with Gasteiger partial charge in [-0.15, -0.1) is 0 Å². The topological polar surface area (TPSA) is 18.5 Å². The second-order valence-corrected chi connectivity index (χ2v) is 6.56. The Morgan fingerprint density at radius 2 is 2.00 bits per heavy atom. The molecule has 0 N–H and O–H groups in total. The molecule has 2 fully saturated rings. The number of alkyl halides is 1. The van der Waals surface area contributed by atoms with Gasteiger partial charge >= 0.3 is 0 Å². The Kier molecular flexibility index (Phi) is 5.55. The highest BCUT2D eigenvalue weighted by Crippen LogP contribution is 2.36. The van der Waals surface area contributed by atoms with Crippen LogP contribution in [0.4, 0.5) is 0 Å². The number of hydrogen-bond acceptors (Lipinski definition) is 2. The van der Waals surface area contributed by atoms with Gasteiger partial charge in [0.1, 0.15) is 0 Å². The minimum atomic E-state index is 0.161. The normalized spacial score (nSPS) is 39.2. The molecule has 1 saturated heterocycles. The summed E-state index contributed by atoms with van der Waals surface area (Å²) >= 11 is 2.49. The lowest BCUT2D eigenvalue weighted by atomic mass is 9.80. The average Bonchev–Trinajstić information content (AvgIpc) is 2.40. The Hall–Kier alpha value is 0.650. The molecular weight excluding hydrogens is 327 g/mol. The lowest BCUT2D eigenvalue weighted by molar-refractivity contribution is -0.112. The van der Waals surface area contributed by atoms with Crippen LogP contribution in [0.1, 0.15) is 51.9 Å². The molecule has 1 unspecified atom stereocenters. The van der Waals surface area contributed by atoms with E-state index in [0.717, 1.165) is 23.6 Å². The highest BCUT2D eigenvalue weighted by atomic mass is 127. The maximum Gasteiger partial charge on any atom is 0.0808 e. The third kappa shape index (κ3) is 4.06. The molecule has 2 aliphatic rings. The smallest absolute Gasteiger partial charge is 0.0808 e. The summed E-state index contributed by atoms with van der Waals surface area (Å²) in [5, 5.41) is 0. The van der Waals surface area contributed by atoms with Gasteiger partial charge in [-0.1, -0.05) is 29.5 Å². The van der Waals surface area contributed by atoms with Crippen LogP contribution in [0.25, 0.3) is 0 Å². The van der Waals surface area contributed by atoms with Crippen LogP contribution in [0, 0.1) is 5.92 Å². The molecule has 3 heteroatoms. The van der Waals surface area contributed by atoms with Crippen LogP contribution in [0.3, 0.4) is 0 Å². The second-order valence-electron chi connectivity index (χ2n) is 5.80. The van der Waals surface area contributed by atoms with E-state index in [-0.39, 0.29) is 5.60 Å². The SMILES string of the molecule is CC1CCC(CI)(OCC2CCCCO2)CC1. The summed E-state index contributed by atoms with van der Waals surface area (Å²) in [6, 6.07) is 0. The molecule has 1 atom stereocenters. The van der Waals surface area contributed by atoms with E-state index in [1.54, 1.807) is 0 Å². The number of rotatable bonds is 4.